The van der Waals surface area contributed by atoms with E-state index in [4.69, 9.17) is 14.2 Å². The van der Waals surface area contributed by atoms with Gasteiger partial charge in [-0.3, -0.25) is 4.79 Å². The number of hydrogen-bond donors (Lipinski definition) is 1. The van der Waals surface area contributed by atoms with E-state index in [0.717, 1.165) is 24.0 Å². The molecule has 2 aromatic carbocycles. The Hall–Kier alpha value is -3.02. The molecule has 6 nitrogen and oxygen atoms in total. The molecule has 0 saturated heterocycles. The number of unbranched alkanes of at least 4 members (excludes halogenated alkanes) is 1. The number of hydrogen-bond acceptors (Lipinski definition) is 5. The first-order valence-corrected chi connectivity index (χ1v) is 10.3. The van der Waals surface area contributed by atoms with E-state index < -0.39 is 0 Å². The lowest BCUT2D eigenvalue weighted by molar-refractivity contribution is -0.123. The smallest absolute Gasteiger partial charge is 0.277 e. The van der Waals surface area contributed by atoms with Crippen LogP contribution < -0.4 is 19.6 Å². The molecule has 0 atom stereocenters. The molecule has 0 bridgehead atoms. The fourth-order valence-electron chi connectivity index (χ4n) is 2.96. The van der Waals surface area contributed by atoms with Gasteiger partial charge in [0.15, 0.2) is 18.1 Å². The topological polar surface area (TPSA) is 69.2 Å². The number of hydrazone groups is 1. The number of ether oxygens (including phenoxy) is 3. The molecule has 1 amide bonds. The van der Waals surface area contributed by atoms with Gasteiger partial charge in [0.2, 0.25) is 0 Å². The maximum atomic E-state index is 12.0. The Labute approximate surface area is 179 Å². The molecule has 0 unspecified atom stereocenters. The van der Waals surface area contributed by atoms with E-state index >= 15 is 0 Å². The average Bonchev–Trinajstić information content (AvgIpc) is 2.73. The summed E-state index contributed by atoms with van der Waals surface area (Å²) in [4.78, 5) is 12.0. The molecule has 0 fully saturated rings. The Morgan fingerprint density at radius 2 is 1.93 bits per heavy atom. The monoisotopic (exact) mass is 412 g/mol. The highest BCUT2D eigenvalue weighted by Gasteiger charge is 2.07. The summed E-state index contributed by atoms with van der Waals surface area (Å²) in [6.07, 6.45) is 3.61. The summed E-state index contributed by atoms with van der Waals surface area (Å²) >= 11 is 0. The van der Waals surface area contributed by atoms with Crippen LogP contribution in [0.5, 0.6) is 17.2 Å². The number of carbonyl (C=O) groups is 1. The Kier molecular flexibility index (Phi) is 9.19. The number of nitrogens with one attached hydrogen (secondary N) is 1. The fraction of sp³-hybridized carbons (Fsp3) is 0.417. The summed E-state index contributed by atoms with van der Waals surface area (Å²) in [5.74, 6) is 2.11. The minimum absolute atomic E-state index is 0.106. The van der Waals surface area contributed by atoms with Crippen LogP contribution in [-0.4, -0.2) is 32.4 Å². The SMILES string of the molecule is CCCCOc1ccc(/C=N/NC(=O)COc2ccc(C(C)C)c(C)c2)cc1OC. The first-order chi connectivity index (χ1) is 14.4. The lowest BCUT2D eigenvalue weighted by Gasteiger charge is -2.12. The summed E-state index contributed by atoms with van der Waals surface area (Å²) in [6, 6.07) is 11.4. The van der Waals surface area contributed by atoms with Gasteiger partial charge in [0.1, 0.15) is 5.75 Å². The molecule has 0 aliphatic rings. The lowest BCUT2D eigenvalue weighted by Crippen LogP contribution is -2.24. The highest BCUT2D eigenvalue weighted by Crippen LogP contribution is 2.27. The summed E-state index contributed by atoms with van der Waals surface area (Å²) < 4.78 is 16.6. The number of aryl methyl sites for hydroxylation is 1. The second-order valence-electron chi connectivity index (χ2n) is 7.37. The molecule has 0 aliphatic heterocycles. The van der Waals surface area contributed by atoms with E-state index in [0.29, 0.717) is 29.8 Å². The summed E-state index contributed by atoms with van der Waals surface area (Å²) in [6.45, 7) is 9.00. The Bertz CT molecular complexity index is 862. The van der Waals surface area contributed by atoms with Crippen molar-refractivity contribution in [2.75, 3.05) is 20.3 Å². The summed E-state index contributed by atoms with van der Waals surface area (Å²) in [5.41, 5.74) is 5.68. The molecule has 6 heteroatoms. The van der Waals surface area contributed by atoms with E-state index in [-0.39, 0.29) is 12.5 Å². The van der Waals surface area contributed by atoms with Gasteiger partial charge in [-0.25, -0.2) is 5.43 Å². The average molecular weight is 413 g/mol. The van der Waals surface area contributed by atoms with E-state index in [9.17, 15) is 4.79 Å². The van der Waals surface area contributed by atoms with Crippen LogP contribution in [0.4, 0.5) is 0 Å². The van der Waals surface area contributed by atoms with Crippen LogP contribution in [0, 0.1) is 6.92 Å². The highest BCUT2D eigenvalue weighted by atomic mass is 16.5. The standard InChI is InChI=1S/C24H32N2O4/c1-6-7-12-29-22-11-8-19(14-23(22)28-5)15-25-26-24(27)16-30-20-9-10-21(17(2)3)18(4)13-20/h8-11,13-15,17H,6-7,12,16H2,1-5H3,(H,26,27)/b25-15+. The van der Waals surface area contributed by atoms with Crippen LogP contribution in [-0.2, 0) is 4.79 Å². The van der Waals surface area contributed by atoms with Crippen LogP contribution in [0.1, 0.15) is 56.2 Å². The molecule has 1 N–H and O–H groups in total. The minimum Gasteiger partial charge on any atom is -0.493 e. The van der Waals surface area contributed by atoms with Crippen molar-refractivity contribution in [3.8, 4) is 17.2 Å². The van der Waals surface area contributed by atoms with E-state index in [1.54, 1.807) is 13.3 Å². The Balaban J connectivity index is 1.86. The van der Waals surface area contributed by atoms with Gasteiger partial charge in [-0.05, 0) is 66.3 Å². The summed E-state index contributed by atoms with van der Waals surface area (Å²) in [7, 11) is 1.59. The van der Waals surface area contributed by atoms with Crippen LogP contribution in [0.2, 0.25) is 0 Å². The van der Waals surface area contributed by atoms with Gasteiger partial charge in [0.25, 0.3) is 5.91 Å². The zero-order chi connectivity index (χ0) is 21.9. The van der Waals surface area contributed by atoms with Gasteiger partial charge >= 0.3 is 0 Å². The van der Waals surface area contributed by atoms with Crippen molar-refractivity contribution >= 4 is 12.1 Å². The molecule has 0 heterocycles. The molecular formula is C24H32N2O4. The quantitative estimate of drug-likeness (QED) is 0.326. The first kappa shape index (κ1) is 23.3. The van der Waals surface area contributed by atoms with Crippen molar-refractivity contribution in [2.24, 2.45) is 5.10 Å². The molecular weight excluding hydrogens is 380 g/mol. The van der Waals surface area contributed by atoms with Crippen molar-refractivity contribution in [1.82, 2.24) is 5.43 Å². The summed E-state index contributed by atoms with van der Waals surface area (Å²) in [5, 5.41) is 3.99. The normalized spacial score (nSPS) is 11.0. The van der Waals surface area contributed by atoms with Crippen LogP contribution in [0.3, 0.4) is 0 Å². The van der Waals surface area contributed by atoms with Crippen molar-refractivity contribution in [1.29, 1.82) is 0 Å². The second-order valence-corrected chi connectivity index (χ2v) is 7.37. The van der Waals surface area contributed by atoms with Gasteiger partial charge < -0.3 is 14.2 Å². The molecule has 0 spiro atoms. The Morgan fingerprint density at radius 3 is 2.60 bits per heavy atom. The van der Waals surface area contributed by atoms with Gasteiger partial charge in [0.05, 0.1) is 19.9 Å². The van der Waals surface area contributed by atoms with Crippen molar-refractivity contribution in [3.05, 3.63) is 53.1 Å². The van der Waals surface area contributed by atoms with Crippen LogP contribution >= 0.6 is 0 Å². The van der Waals surface area contributed by atoms with Gasteiger partial charge in [-0.15, -0.1) is 0 Å². The number of methoxy groups -OCH3 is 1. The fourth-order valence-corrected chi connectivity index (χ4v) is 2.96. The molecule has 0 saturated carbocycles. The molecule has 0 aromatic heterocycles. The van der Waals surface area contributed by atoms with Gasteiger partial charge in [0, 0.05) is 0 Å². The number of carbonyl (C=O) groups excluding carboxylic acids is 1. The van der Waals surface area contributed by atoms with Crippen molar-refractivity contribution < 1.29 is 19.0 Å². The second kappa shape index (κ2) is 11.9. The zero-order valence-electron chi connectivity index (χ0n) is 18.5. The lowest BCUT2D eigenvalue weighted by atomic mass is 9.98. The molecule has 0 aliphatic carbocycles. The minimum atomic E-state index is -0.330. The molecule has 0 radical (unpaired) electrons. The van der Waals surface area contributed by atoms with Crippen LogP contribution in [0.25, 0.3) is 0 Å². The maximum Gasteiger partial charge on any atom is 0.277 e. The predicted octanol–water partition coefficient (Wildman–Crippen LogP) is 4.84. The Morgan fingerprint density at radius 1 is 1.13 bits per heavy atom. The third-order valence-electron chi connectivity index (χ3n) is 4.58. The molecule has 162 valence electrons. The first-order valence-electron chi connectivity index (χ1n) is 10.3. The number of benzene rings is 2. The molecule has 30 heavy (non-hydrogen) atoms. The van der Waals surface area contributed by atoms with E-state index in [2.05, 4.69) is 31.3 Å². The molecule has 2 aromatic rings. The van der Waals surface area contributed by atoms with E-state index in [1.165, 1.54) is 5.56 Å². The van der Waals surface area contributed by atoms with Crippen molar-refractivity contribution in [3.63, 3.8) is 0 Å². The van der Waals surface area contributed by atoms with Crippen molar-refractivity contribution in [2.45, 2.75) is 46.5 Å². The molecule has 2 rings (SSSR count). The number of rotatable bonds is 11. The van der Waals surface area contributed by atoms with E-state index in [1.807, 2.05) is 43.3 Å². The number of amides is 1. The zero-order valence-corrected chi connectivity index (χ0v) is 18.5. The third kappa shape index (κ3) is 7.10. The largest absolute Gasteiger partial charge is 0.493 e. The predicted molar refractivity (Wildman–Crippen MR) is 120 cm³/mol. The van der Waals surface area contributed by atoms with Gasteiger partial charge in [-0.1, -0.05) is 33.3 Å². The maximum absolute atomic E-state index is 12.0. The van der Waals surface area contributed by atoms with Gasteiger partial charge in [-0.2, -0.15) is 5.10 Å². The highest BCUT2D eigenvalue weighted by molar-refractivity contribution is 5.83. The number of nitrogens with zero attached hydrogens (tertiary/aromatic N) is 1. The third-order valence-corrected chi connectivity index (χ3v) is 4.58. The van der Waals surface area contributed by atoms with Crippen LogP contribution in [0.15, 0.2) is 41.5 Å².